The number of amides is 3. The molecule has 1 atom stereocenters. The molecule has 0 bridgehead atoms. The lowest BCUT2D eigenvalue weighted by molar-refractivity contribution is -0.147. The van der Waals surface area contributed by atoms with E-state index in [9.17, 15) is 19.5 Å². The van der Waals surface area contributed by atoms with E-state index < -0.39 is 23.9 Å². The Hall–Kier alpha value is -2.82. The average Bonchev–Trinajstić information content (AvgIpc) is 3.18. The van der Waals surface area contributed by atoms with Crippen molar-refractivity contribution >= 4 is 23.8 Å². The number of aliphatic hydroxyl groups excluding tert-OH is 1. The molecule has 180 valence electrons. The number of carbonyl (C=O) groups is 3. The van der Waals surface area contributed by atoms with Crippen LogP contribution in [0.4, 0.5) is 0 Å². The van der Waals surface area contributed by atoms with Crippen molar-refractivity contribution in [3.63, 3.8) is 0 Å². The van der Waals surface area contributed by atoms with Crippen molar-refractivity contribution in [2.24, 2.45) is 0 Å². The predicted octanol–water partition coefficient (Wildman–Crippen LogP) is 0.364. The third-order valence-corrected chi connectivity index (χ3v) is 6.03. The van der Waals surface area contributed by atoms with E-state index in [-0.39, 0.29) is 18.2 Å². The molecule has 1 aromatic rings. The third kappa shape index (κ3) is 5.95. The maximum atomic E-state index is 12.6. The quantitative estimate of drug-likeness (QED) is 0.428. The minimum Gasteiger partial charge on any atom is -0.375 e. The summed E-state index contributed by atoms with van der Waals surface area (Å²) in [6.45, 7) is 13.9. The Morgan fingerprint density at radius 2 is 1.94 bits per heavy atom. The van der Waals surface area contributed by atoms with Crippen molar-refractivity contribution in [2.75, 3.05) is 39.3 Å². The number of aryl methyl sites for hydroxylation is 1. The number of piperazine rings is 2. The van der Waals surface area contributed by atoms with Gasteiger partial charge in [0.2, 0.25) is 11.8 Å². The van der Waals surface area contributed by atoms with Gasteiger partial charge in [0.25, 0.3) is 5.91 Å². The maximum absolute atomic E-state index is 12.6. The topological polar surface area (TPSA) is 111 Å². The highest BCUT2D eigenvalue weighted by Gasteiger charge is 2.31. The van der Waals surface area contributed by atoms with Crippen LogP contribution in [0.1, 0.15) is 44.5 Å². The Labute approximate surface area is 194 Å². The van der Waals surface area contributed by atoms with E-state index in [1.165, 1.54) is 6.92 Å². The number of imidazole rings is 1. The van der Waals surface area contributed by atoms with Crippen molar-refractivity contribution in [1.82, 2.24) is 29.6 Å². The Morgan fingerprint density at radius 3 is 2.55 bits per heavy atom. The molecule has 3 heterocycles. The average molecular weight is 459 g/mol. The Kier molecular flexibility index (Phi) is 8.17. The number of carbonyl (C=O) groups excluding carboxylic acids is 3. The first-order chi connectivity index (χ1) is 15.7. The Balaban J connectivity index is 1.65. The van der Waals surface area contributed by atoms with Crippen molar-refractivity contribution in [2.45, 2.75) is 45.9 Å². The minimum absolute atomic E-state index is 0.0631. The van der Waals surface area contributed by atoms with Crippen LogP contribution in [0.2, 0.25) is 0 Å². The van der Waals surface area contributed by atoms with Gasteiger partial charge >= 0.3 is 0 Å². The first-order valence-electron chi connectivity index (χ1n) is 11.4. The lowest BCUT2D eigenvalue weighted by Crippen LogP contribution is -2.51. The van der Waals surface area contributed by atoms with Crippen LogP contribution < -0.4 is 5.32 Å². The van der Waals surface area contributed by atoms with Crippen LogP contribution in [0.15, 0.2) is 24.7 Å². The van der Waals surface area contributed by atoms with Gasteiger partial charge in [0.15, 0.2) is 0 Å². The van der Waals surface area contributed by atoms with Gasteiger partial charge in [-0.3, -0.25) is 24.2 Å². The van der Waals surface area contributed by atoms with Crippen LogP contribution in [0.25, 0.3) is 6.08 Å². The van der Waals surface area contributed by atoms with Crippen LogP contribution in [-0.4, -0.2) is 92.6 Å². The van der Waals surface area contributed by atoms with E-state index >= 15 is 0 Å². The second-order valence-corrected chi connectivity index (χ2v) is 8.76. The summed E-state index contributed by atoms with van der Waals surface area (Å²) in [5.74, 6) is -1.23. The van der Waals surface area contributed by atoms with Crippen LogP contribution in [0.3, 0.4) is 0 Å². The molecular weight excluding hydrogens is 424 g/mol. The zero-order valence-corrected chi connectivity index (χ0v) is 19.7. The molecular formula is C23H34N6O4. The molecule has 10 nitrogen and oxygen atoms in total. The number of aliphatic hydroxyl groups is 1. The molecule has 2 N–H and O–H groups in total. The highest BCUT2D eigenvalue weighted by molar-refractivity contribution is 6.12. The summed E-state index contributed by atoms with van der Waals surface area (Å²) >= 11 is 0. The molecule has 2 aliphatic rings. The molecule has 0 radical (unpaired) electrons. The number of nitrogens with zero attached hydrogens (tertiary/aromatic N) is 5. The fraction of sp³-hybridized carbons (Fsp3) is 0.565. The van der Waals surface area contributed by atoms with Crippen molar-refractivity contribution < 1.29 is 19.5 Å². The molecule has 0 aromatic carbocycles. The molecule has 1 unspecified atom stereocenters. The molecule has 2 saturated heterocycles. The van der Waals surface area contributed by atoms with Gasteiger partial charge in [-0.25, -0.2) is 4.98 Å². The van der Waals surface area contributed by atoms with E-state index in [1.807, 2.05) is 4.90 Å². The molecule has 1 aromatic heterocycles. The number of nitrogens with one attached hydrogen (secondary N) is 1. The summed E-state index contributed by atoms with van der Waals surface area (Å²) < 4.78 is 2.09. The smallest absolute Gasteiger partial charge is 0.277 e. The van der Waals surface area contributed by atoms with E-state index in [0.29, 0.717) is 5.69 Å². The minimum atomic E-state index is -0.581. The summed E-state index contributed by atoms with van der Waals surface area (Å²) in [4.78, 5) is 46.1. The highest BCUT2D eigenvalue weighted by atomic mass is 16.3. The Morgan fingerprint density at radius 1 is 1.24 bits per heavy atom. The second-order valence-electron chi connectivity index (χ2n) is 8.76. The first-order valence-corrected chi connectivity index (χ1v) is 11.4. The van der Waals surface area contributed by atoms with Crippen LogP contribution >= 0.6 is 0 Å². The van der Waals surface area contributed by atoms with Gasteiger partial charge in [-0.05, 0) is 31.0 Å². The summed E-state index contributed by atoms with van der Waals surface area (Å²) in [6, 6.07) is 0. The second kappa shape index (κ2) is 10.9. The van der Waals surface area contributed by atoms with E-state index in [4.69, 9.17) is 0 Å². The van der Waals surface area contributed by atoms with E-state index in [0.717, 1.165) is 56.3 Å². The molecule has 2 fully saturated rings. The number of hydrogen-bond acceptors (Lipinski definition) is 7. The highest BCUT2D eigenvalue weighted by Crippen LogP contribution is 2.22. The zero-order valence-electron chi connectivity index (χ0n) is 19.7. The van der Waals surface area contributed by atoms with E-state index in [2.05, 4.69) is 40.2 Å². The summed E-state index contributed by atoms with van der Waals surface area (Å²) in [7, 11) is 0. The van der Waals surface area contributed by atoms with Crippen LogP contribution in [-0.2, 0) is 20.9 Å². The molecule has 3 amide bonds. The van der Waals surface area contributed by atoms with Gasteiger partial charge in [-0.1, -0.05) is 20.4 Å². The lowest BCUT2D eigenvalue weighted by Gasteiger charge is -2.36. The van der Waals surface area contributed by atoms with Gasteiger partial charge < -0.3 is 19.9 Å². The summed E-state index contributed by atoms with van der Waals surface area (Å²) in [5, 5.41) is 12.5. The van der Waals surface area contributed by atoms with Gasteiger partial charge in [0.1, 0.15) is 18.5 Å². The molecule has 33 heavy (non-hydrogen) atoms. The lowest BCUT2D eigenvalue weighted by atomic mass is 10.1. The molecule has 10 heteroatoms. The number of rotatable bonds is 8. The van der Waals surface area contributed by atoms with Gasteiger partial charge in [0.05, 0.1) is 12.0 Å². The third-order valence-electron chi connectivity index (χ3n) is 6.03. The standard InChI is InChI=1S/C23H34N6O4/c1-5-21(32)27-11-9-26(10-12-27)7-6-8-28-15-24-18(22(28)16(2)3)13-19-23(33)29(17(4)30)14-20(31)25-19/h5,13,15-16,21,32H,1,6-12,14H2,2-4H3,(H,25,31)/b19-13-. The van der Waals surface area contributed by atoms with Gasteiger partial charge in [-0.2, -0.15) is 0 Å². The Bertz CT molecular complexity index is 929. The molecule has 0 saturated carbocycles. The van der Waals surface area contributed by atoms with Crippen molar-refractivity contribution in [1.29, 1.82) is 0 Å². The number of aromatic nitrogens is 2. The number of imide groups is 1. The fourth-order valence-corrected chi connectivity index (χ4v) is 4.28. The summed E-state index contributed by atoms with van der Waals surface area (Å²) in [6.07, 6.45) is 5.23. The molecule has 0 spiro atoms. The molecule has 0 aliphatic carbocycles. The molecule has 3 rings (SSSR count). The maximum Gasteiger partial charge on any atom is 0.277 e. The van der Waals surface area contributed by atoms with Crippen LogP contribution in [0, 0.1) is 0 Å². The van der Waals surface area contributed by atoms with Gasteiger partial charge in [0, 0.05) is 45.3 Å². The number of hydrogen-bond donors (Lipinski definition) is 2. The van der Waals surface area contributed by atoms with Crippen LogP contribution in [0.5, 0.6) is 0 Å². The summed E-state index contributed by atoms with van der Waals surface area (Å²) in [5.41, 5.74) is 1.66. The SMILES string of the molecule is C=CC(O)N1CCN(CCCn2cnc(/C=C3\NC(=O)CN(C(C)=O)C3=O)c2C(C)C)CC1. The largest absolute Gasteiger partial charge is 0.375 e. The first kappa shape index (κ1) is 24.8. The zero-order chi connectivity index (χ0) is 24.1. The van der Waals surface area contributed by atoms with Gasteiger partial charge in [-0.15, -0.1) is 0 Å². The monoisotopic (exact) mass is 458 g/mol. The predicted molar refractivity (Wildman–Crippen MR) is 124 cm³/mol. The fourth-order valence-electron chi connectivity index (χ4n) is 4.28. The van der Waals surface area contributed by atoms with Crippen molar-refractivity contribution in [3.8, 4) is 0 Å². The van der Waals surface area contributed by atoms with Crippen molar-refractivity contribution in [3.05, 3.63) is 36.1 Å². The molecule has 2 aliphatic heterocycles. The normalized spacial score (nSPS) is 20.4. The van der Waals surface area contributed by atoms with E-state index in [1.54, 1.807) is 18.5 Å².